The number of nitrogens with zero attached hydrogens (tertiary/aromatic N) is 2. The number of Topliss-reactive ketones (excluding diaryl/α,β-unsaturated/α-hetero) is 3. The van der Waals surface area contributed by atoms with Gasteiger partial charge in [-0.2, -0.15) is 0 Å². The van der Waals surface area contributed by atoms with Crippen LogP contribution in [0.4, 0.5) is 11.4 Å². The van der Waals surface area contributed by atoms with Crippen LogP contribution in [-0.4, -0.2) is 34.4 Å². The Labute approximate surface area is 250 Å². The van der Waals surface area contributed by atoms with Crippen molar-refractivity contribution in [3.05, 3.63) is 145 Å². The number of carbonyl (C=O) groups excluding carboxylic acids is 3. The second-order valence-corrected chi connectivity index (χ2v) is 11.4. The van der Waals surface area contributed by atoms with Crippen molar-refractivity contribution in [1.29, 1.82) is 0 Å². The van der Waals surface area contributed by atoms with Gasteiger partial charge in [0.15, 0.2) is 17.3 Å². The average Bonchev–Trinajstić information content (AvgIpc) is 3.43. The van der Waals surface area contributed by atoms with Crippen molar-refractivity contribution in [2.45, 2.75) is 18.0 Å². The van der Waals surface area contributed by atoms with Gasteiger partial charge in [-0.3, -0.25) is 24.5 Å². The number of hydrogen-bond donors (Lipinski definition) is 0. The van der Waals surface area contributed by atoms with Crippen molar-refractivity contribution in [3.63, 3.8) is 0 Å². The number of nitro benzene ring substituents is 1. The third kappa shape index (κ3) is 3.50. The van der Waals surface area contributed by atoms with Crippen LogP contribution in [0.1, 0.15) is 48.1 Å². The molecular weight excluding hydrogens is 575 g/mol. The van der Waals surface area contributed by atoms with Gasteiger partial charge in [-0.15, -0.1) is 0 Å². The highest BCUT2D eigenvalue weighted by atomic mass is 35.5. The summed E-state index contributed by atoms with van der Waals surface area (Å²) in [7, 11) is 0. The van der Waals surface area contributed by atoms with Crippen molar-refractivity contribution in [3.8, 4) is 0 Å². The van der Waals surface area contributed by atoms with E-state index in [0.717, 1.165) is 5.56 Å². The van der Waals surface area contributed by atoms with Crippen LogP contribution in [0, 0.1) is 15.5 Å². The molecule has 3 atom stereocenters. The minimum absolute atomic E-state index is 0.160. The first-order chi connectivity index (χ1) is 20.2. The smallest absolute Gasteiger partial charge is 0.269 e. The monoisotopic (exact) mass is 594 g/mol. The van der Waals surface area contributed by atoms with Gasteiger partial charge in [0, 0.05) is 50.5 Å². The number of rotatable bonds is 4. The molecule has 0 bridgehead atoms. The molecular formula is C33H20Cl2N2O5. The third-order valence-electron chi connectivity index (χ3n) is 8.64. The lowest BCUT2D eigenvalue weighted by molar-refractivity contribution is -0.384. The summed E-state index contributed by atoms with van der Waals surface area (Å²) in [4.78, 5) is 56.6. The molecule has 9 heteroatoms. The number of para-hydroxylation sites is 1. The van der Waals surface area contributed by atoms with Crippen LogP contribution in [0.15, 0.2) is 97.1 Å². The van der Waals surface area contributed by atoms with E-state index in [0.29, 0.717) is 27.4 Å². The largest absolute Gasteiger partial charge is 0.352 e. The molecule has 0 N–H and O–H groups in total. The molecule has 2 aliphatic heterocycles. The second kappa shape index (κ2) is 9.48. The Balaban J connectivity index is 1.54. The Kier molecular flexibility index (Phi) is 5.94. The van der Waals surface area contributed by atoms with Gasteiger partial charge in [-0.25, -0.2) is 0 Å². The van der Waals surface area contributed by atoms with E-state index in [1.807, 2.05) is 41.3 Å². The maximum atomic E-state index is 14.7. The summed E-state index contributed by atoms with van der Waals surface area (Å²) in [6.07, 6.45) is 3.70. The predicted octanol–water partition coefficient (Wildman–Crippen LogP) is 7.22. The molecule has 42 heavy (non-hydrogen) atoms. The highest BCUT2D eigenvalue weighted by Crippen LogP contribution is 2.61. The highest BCUT2D eigenvalue weighted by molar-refractivity contribution is 6.36. The number of non-ortho nitro benzene ring substituents is 1. The molecule has 0 amide bonds. The summed E-state index contributed by atoms with van der Waals surface area (Å²) < 4.78 is 0. The van der Waals surface area contributed by atoms with Crippen LogP contribution in [0.5, 0.6) is 0 Å². The summed E-state index contributed by atoms with van der Waals surface area (Å²) in [6, 6.07) is 22.5. The van der Waals surface area contributed by atoms with E-state index in [9.17, 15) is 24.5 Å². The van der Waals surface area contributed by atoms with Crippen LogP contribution in [-0.2, 0) is 0 Å². The van der Waals surface area contributed by atoms with Gasteiger partial charge in [0.05, 0.1) is 11.0 Å². The fourth-order valence-electron chi connectivity index (χ4n) is 6.93. The van der Waals surface area contributed by atoms with Crippen LogP contribution in [0.3, 0.4) is 0 Å². The first-order valence-electron chi connectivity index (χ1n) is 13.2. The minimum Gasteiger partial charge on any atom is -0.352 e. The van der Waals surface area contributed by atoms with E-state index in [2.05, 4.69) is 0 Å². The molecule has 1 aliphatic carbocycles. The summed E-state index contributed by atoms with van der Waals surface area (Å²) in [5, 5.41) is 11.9. The fourth-order valence-corrected chi connectivity index (χ4v) is 7.46. The number of fused-ring (bicyclic) bond motifs is 5. The number of halogens is 2. The molecule has 1 saturated heterocycles. The highest BCUT2D eigenvalue weighted by Gasteiger charge is 2.71. The Morgan fingerprint density at radius 1 is 0.857 bits per heavy atom. The molecule has 0 unspecified atom stereocenters. The van der Waals surface area contributed by atoms with Gasteiger partial charge < -0.3 is 4.90 Å². The SMILES string of the molecule is O=C(c1ccc([N+](=O)[O-])cc1)[C@@H]1[C@@H](c2ccc(Cl)cc2Cl)C2(C(=O)c3ccccc3C2=O)[C@H]2C=Cc3ccccc3N12. The zero-order valence-electron chi connectivity index (χ0n) is 21.7. The molecule has 3 aliphatic rings. The maximum Gasteiger partial charge on any atom is 0.269 e. The minimum atomic E-state index is -1.72. The molecule has 7 nitrogen and oxygen atoms in total. The molecule has 1 spiro atoms. The fraction of sp³-hybridized carbons (Fsp3) is 0.121. The van der Waals surface area contributed by atoms with Gasteiger partial charge in [-0.05, 0) is 41.5 Å². The van der Waals surface area contributed by atoms with Gasteiger partial charge in [-0.1, -0.05) is 83.9 Å². The van der Waals surface area contributed by atoms with E-state index in [1.165, 1.54) is 30.3 Å². The van der Waals surface area contributed by atoms with Crippen LogP contribution >= 0.6 is 23.2 Å². The van der Waals surface area contributed by atoms with E-state index < -0.39 is 34.1 Å². The van der Waals surface area contributed by atoms with Crippen molar-refractivity contribution in [2.24, 2.45) is 5.41 Å². The first-order valence-corrected chi connectivity index (χ1v) is 14.0. The number of anilines is 1. The van der Waals surface area contributed by atoms with E-state index in [4.69, 9.17) is 23.2 Å². The Morgan fingerprint density at radius 3 is 2.14 bits per heavy atom. The molecule has 0 radical (unpaired) electrons. The Bertz CT molecular complexity index is 1850. The average molecular weight is 595 g/mol. The Morgan fingerprint density at radius 2 is 1.50 bits per heavy atom. The van der Waals surface area contributed by atoms with E-state index >= 15 is 0 Å². The van der Waals surface area contributed by atoms with Crippen molar-refractivity contribution in [2.75, 3.05) is 4.90 Å². The quantitative estimate of drug-likeness (QED) is 0.107. The maximum absolute atomic E-state index is 14.7. The lowest BCUT2D eigenvalue weighted by atomic mass is 9.64. The Hall–Kier alpha value is -4.59. The van der Waals surface area contributed by atoms with E-state index in [-0.39, 0.29) is 27.8 Å². The molecule has 2 heterocycles. The number of carbonyl (C=O) groups is 3. The molecule has 206 valence electrons. The summed E-state index contributed by atoms with van der Waals surface area (Å²) >= 11 is 13.1. The third-order valence-corrected chi connectivity index (χ3v) is 9.20. The summed E-state index contributed by atoms with van der Waals surface area (Å²) in [6.45, 7) is 0. The number of benzene rings is 4. The van der Waals surface area contributed by atoms with E-state index in [1.54, 1.807) is 36.4 Å². The number of nitro groups is 1. The second-order valence-electron chi connectivity index (χ2n) is 10.6. The molecule has 7 rings (SSSR count). The topological polar surface area (TPSA) is 97.6 Å². The van der Waals surface area contributed by atoms with Gasteiger partial charge in [0.1, 0.15) is 11.5 Å². The van der Waals surface area contributed by atoms with Gasteiger partial charge >= 0.3 is 0 Å². The predicted molar refractivity (Wildman–Crippen MR) is 160 cm³/mol. The normalized spacial score (nSPS) is 21.3. The van der Waals surface area contributed by atoms with Crippen molar-refractivity contribution >= 4 is 58.0 Å². The molecule has 0 aromatic heterocycles. The van der Waals surface area contributed by atoms with Crippen LogP contribution < -0.4 is 4.90 Å². The summed E-state index contributed by atoms with van der Waals surface area (Å²) in [5.74, 6) is -2.17. The van der Waals surface area contributed by atoms with Crippen molar-refractivity contribution in [1.82, 2.24) is 0 Å². The standard InChI is InChI=1S/C33H20Cl2N2O5/c34-20-12-15-24(25(35)17-20)28-29(30(38)19-9-13-21(14-10-19)37(41)42)36-26-8-4-1-5-18(26)11-16-27(36)33(28)31(39)22-6-2-3-7-23(22)32(33)40/h1-17,27-29H/t27-,28-,29+/m1/s1. The van der Waals surface area contributed by atoms with Crippen LogP contribution in [0.2, 0.25) is 10.0 Å². The summed E-state index contributed by atoms with van der Waals surface area (Å²) in [5.41, 5.74) is 0.883. The van der Waals surface area contributed by atoms with Gasteiger partial charge in [0.2, 0.25) is 0 Å². The molecule has 4 aromatic rings. The van der Waals surface area contributed by atoms with Gasteiger partial charge in [0.25, 0.3) is 5.69 Å². The van der Waals surface area contributed by atoms with Crippen LogP contribution in [0.25, 0.3) is 6.08 Å². The molecule has 1 fully saturated rings. The number of ketones is 3. The zero-order chi connectivity index (χ0) is 29.3. The molecule has 0 saturated carbocycles. The molecule has 4 aromatic carbocycles. The van der Waals surface area contributed by atoms with Crippen molar-refractivity contribution < 1.29 is 19.3 Å². The lowest BCUT2D eigenvalue weighted by Gasteiger charge is -2.37. The number of hydrogen-bond acceptors (Lipinski definition) is 6. The first kappa shape index (κ1) is 26.3. The lowest BCUT2D eigenvalue weighted by Crippen LogP contribution is -2.48. The zero-order valence-corrected chi connectivity index (χ0v) is 23.3.